The Hall–Kier alpha value is -2.38. The topological polar surface area (TPSA) is 102 Å². The largest absolute Gasteiger partial charge is 0.464 e. The molecule has 1 atom stereocenters. The third-order valence-electron chi connectivity index (χ3n) is 2.71. The fourth-order valence-corrected chi connectivity index (χ4v) is 1.64. The molecule has 0 aliphatic heterocycles. The van der Waals surface area contributed by atoms with Crippen molar-refractivity contribution in [1.82, 2.24) is 15.5 Å². The van der Waals surface area contributed by atoms with Crippen molar-refractivity contribution >= 4 is 17.9 Å². The number of amides is 1. The number of hydrogen-bond donors (Lipinski definition) is 2. The Morgan fingerprint density at radius 2 is 1.96 bits per heavy atom. The van der Waals surface area contributed by atoms with Gasteiger partial charge in [-0.2, -0.15) is 0 Å². The monoisotopic (exact) mass is 324 g/mol. The zero-order chi connectivity index (χ0) is 17.5. The van der Waals surface area contributed by atoms with E-state index in [1.54, 1.807) is 6.07 Å². The normalized spacial score (nSPS) is 12.2. The number of carbonyl (C=O) groups is 2. The predicted molar refractivity (Wildman–Crippen MR) is 85.3 cm³/mol. The van der Waals surface area contributed by atoms with E-state index in [-0.39, 0.29) is 11.7 Å². The molecular weight excluding hydrogens is 300 g/mol. The Kier molecular flexibility index (Phi) is 6.74. The van der Waals surface area contributed by atoms with E-state index >= 15 is 0 Å². The first-order valence-electron chi connectivity index (χ1n) is 7.36. The third kappa shape index (κ3) is 7.44. The van der Waals surface area contributed by atoms with Crippen LogP contribution >= 0.6 is 0 Å². The van der Waals surface area contributed by atoms with Crippen LogP contribution in [0.4, 0.5) is 10.6 Å². The number of aromatic nitrogens is 2. The molecule has 0 aliphatic carbocycles. The van der Waals surface area contributed by atoms with Crippen LogP contribution in [0.2, 0.25) is 0 Å². The number of nitrogens with one attached hydrogen (secondary N) is 2. The fraction of sp³-hybridized carbons (Fsp3) is 0.600. The van der Waals surface area contributed by atoms with Crippen molar-refractivity contribution in [3.05, 3.63) is 17.8 Å². The van der Waals surface area contributed by atoms with Gasteiger partial charge in [-0.3, -0.25) is 0 Å². The lowest BCUT2D eigenvalue weighted by Crippen LogP contribution is -2.38. The van der Waals surface area contributed by atoms with Crippen LogP contribution in [0.3, 0.4) is 0 Å². The molecule has 23 heavy (non-hydrogen) atoms. The van der Waals surface area contributed by atoms with Gasteiger partial charge in [-0.05, 0) is 46.2 Å². The first-order valence-corrected chi connectivity index (χ1v) is 7.36. The number of esters is 1. The minimum Gasteiger partial charge on any atom is -0.464 e. The first-order chi connectivity index (χ1) is 10.7. The number of hydrogen-bond acceptors (Lipinski definition) is 7. The molecule has 0 aromatic carbocycles. The van der Waals surface area contributed by atoms with Crippen molar-refractivity contribution in [3.8, 4) is 0 Å². The second kappa shape index (κ2) is 8.30. The third-order valence-corrected chi connectivity index (χ3v) is 2.71. The minimum atomic E-state index is -0.528. The molecule has 0 saturated heterocycles. The molecule has 1 amide bonds. The van der Waals surface area contributed by atoms with Crippen LogP contribution in [-0.2, 0) is 9.47 Å². The molecule has 2 N–H and O–H groups in total. The summed E-state index contributed by atoms with van der Waals surface area (Å²) in [4.78, 5) is 22.8. The Morgan fingerprint density at radius 1 is 1.26 bits per heavy atom. The molecule has 0 saturated carbocycles. The molecule has 1 aromatic heterocycles. The van der Waals surface area contributed by atoms with E-state index in [0.29, 0.717) is 18.8 Å². The van der Waals surface area contributed by atoms with Gasteiger partial charge >= 0.3 is 12.1 Å². The molecule has 8 heteroatoms. The summed E-state index contributed by atoms with van der Waals surface area (Å²) in [5.41, 5.74) is -0.364. The van der Waals surface area contributed by atoms with Crippen molar-refractivity contribution < 1.29 is 19.1 Å². The van der Waals surface area contributed by atoms with Gasteiger partial charge in [-0.1, -0.05) is 0 Å². The zero-order valence-corrected chi connectivity index (χ0v) is 14.2. The van der Waals surface area contributed by atoms with E-state index in [2.05, 4.69) is 25.6 Å². The highest BCUT2D eigenvalue weighted by Crippen LogP contribution is 2.07. The number of methoxy groups -OCH3 is 1. The van der Waals surface area contributed by atoms with E-state index in [4.69, 9.17) is 4.74 Å². The second-order valence-corrected chi connectivity index (χ2v) is 6.06. The van der Waals surface area contributed by atoms with Crippen LogP contribution in [0.25, 0.3) is 0 Å². The zero-order valence-electron chi connectivity index (χ0n) is 14.2. The molecule has 1 aromatic rings. The molecule has 8 nitrogen and oxygen atoms in total. The smallest absolute Gasteiger partial charge is 0.407 e. The number of rotatable bonds is 6. The number of nitrogens with zero attached hydrogens (tertiary/aromatic N) is 2. The predicted octanol–water partition coefficient (Wildman–Crippen LogP) is 1.98. The second-order valence-electron chi connectivity index (χ2n) is 6.06. The maximum absolute atomic E-state index is 11.6. The van der Waals surface area contributed by atoms with E-state index < -0.39 is 17.7 Å². The molecule has 128 valence electrons. The molecular formula is C15H24N4O4. The van der Waals surface area contributed by atoms with Crippen molar-refractivity contribution in [2.45, 2.75) is 45.8 Å². The van der Waals surface area contributed by atoms with Crippen LogP contribution in [0.1, 0.15) is 44.6 Å². The maximum Gasteiger partial charge on any atom is 0.407 e. The molecule has 0 bridgehead atoms. The van der Waals surface area contributed by atoms with Crippen molar-refractivity contribution in [3.63, 3.8) is 0 Å². The van der Waals surface area contributed by atoms with Gasteiger partial charge in [0.1, 0.15) is 11.4 Å². The summed E-state index contributed by atoms with van der Waals surface area (Å²) in [5, 5.41) is 13.5. The van der Waals surface area contributed by atoms with Gasteiger partial charge in [0.15, 0.2) is 5.69 Å². The molecule has 0 aliphatic rings. The summed E-state index contributed by atoms with van der Waals surface area (Å²) in [6, 6.07) is 3.12. The maximum atomic E-state index is 11.6. The van der Waals surface area contributed by atoms with Crippen molar-refractivity contribution in [2.24, 2.45) is 0 Å². The van der Waals surface area contributed by atoms with Crippen LogP contribution < -0.4 is 10.6 Å². The van der Waals surface area contributed by atoms with Gasteiger partial charge < -0.3 is 20.1 Å². The Labute approximate surface area is 136 Å². The van der Waals surface area contributed by atoms with Crippen LogP contribution in [0.15, 0.2) is 12.1 Å². The summed E-state index contributed by atoms with van der Waals surface area (Å²) < 4.78 is 9.73. The van der Waals surface area contributed by atoms with Gasteiger partial charge in [-0.15, -0.1) is 10.2 Å². The average Bonchev–Trinajstić information content (AvgIpc) is 2.45. The molecule has 1 rings (SSSR count). The van der Waals surface area contributed by atoms with Crippen LogP contribution in [0.5, 0.6) is 0 Å². The Morgan fingerprint density at radius 3 is 2.48 bits per heavy atom. The lowest BCUT2D eigenvalue weighted by atomic mass is 10.2. The lowest BCUT2D eigenvalue weighted by Gasteiger charge is -2.22. The summed E-state index contributed by atoms with van der Waals surface area (Å²) in [6.07, 6.45) is 0.242. The average molecular weight is 324 g/mol. The van der Waals surface area contributed by atoms with E-state index in [1.165, 1.54) is 13.2 Å². The number of ether oxygens (including phenoxy) is 2. The van der Waals surface area contributed by atoms with E-state index in [1.807, 2.05) is 27.7 Å². The highest BCUT2D eigenvalue weighted by molar-refractivity contribution is 5.86. The molecule has 0 spiro atoms. The van der Waals surface area contributed by atoms with Crippen molar-refractivity contribution in [1.29, 1.82) is 0 Å². The molecule has 0 fully saturated rings. The van der Waals surface area contributed by atoms with Crippen molar-refractivity contribution in [2.75, 3.05) is 19.0 Å². The first kappa shape index (κ1) is 18.7. The standard InChI is InChI=1S/C15H24N4O4/c1-10(17-14(21)23-15(2,3)4)8-9-16-12-7-6-11(18-19-12)13(20)22-5/h6-7,10H,8-9H2,1-5H3,(H,16,19)(H,17,21)/t10-/m1/s1. The van der Waals surface area contributed by atoms with Gasteiger partial charge in [0.25, 0.3) is 0 Å². The van der Waals surface area contributed by atoms with Gasteiger partial charge in [0, 0.05) is 12.6 Å². The van der Waals surface area contributed by atoms with Gasteiger partial charge in [0.05, 0.1) is 7.11 Å². The van der Waals surface area contributed by atoms with E-state index in [9.17, 15) is 9.59 Å². The SMILES string of the molecule is COC(=O)c1ccc(NCC[C@@H](C)NC(=O)OC(C)(C)C)nn1. The van der Waals surface area contributed by atoms with Gasteiger partial charge in [-0.25, -0.2) is 9.59 Å². The van der Waals surface area contributed by atoms with Gasteiger partial charge in [0.2, 0.25) is 0 Å². The number of anilines is 1. The molecule has 1 heterocycles. The minimum absolute atomic E-state index is 0.0559. The number of alkyl carbamates (subject to hydrolysis) is 1. The van der Waals surface area contributed by atoms with E-state index in [0.717, 1.165) is 0 Å². The summed E-state index contributed by atoms with van der Waals surface area (Å²) in [5.74, 6) is 0.0151. The Bertz CT molecular complexity index is 525. The van der Waals surface area contributed by atoms with Crippen LogP contribution in [0, 0.1) is 0 Å². The highest BCUT2D eigenvalue weighted by Gasteiger charge is 2.17. The van der Waals surface area contributed by atoms with Crippen LogP contribution in [-0.4, -0.2) is 47.6 Å². The summed E-state index contributed by atoms with van der Waals surface area (Å²) >= 11 is 0. The summed E-state index contributed by atoms with van der Waals surface area (Å²) in [7, 11) is 1.29. The highest BCUT2D eigenvalue weighted by atomic mass is 16.6. The fourth-order valence-electron chi connectivity index (χ4n) is 1.64. The molecule has 0 radical (unpaired) electrons. The number of carbonyl (C=O) groups excluding carboxylic acids is 2. The Balaban J connectivity index is 2.33. The molecule has 0 unspecified atom stereocenters. The lowest BCUT2D eigenvalue weighted by molar-refractivity contribution is 0.0506. The summed E-state index contributed by atoms with van der Waals surface area (Å²) in [6.45, 7) is 7.92. The quantitative estimate of drug-likeness (QED) is 0.771.